The molecule has 1 saturated heterocycles. The summed E-state index contributed by atoms with van der Waals surface area (Å²) in [6.07, 6.45) is 0. The van der Waals surface area contributed by atoms with Gasteiger partial charge in [-0.05, 0) is 87.2 Å². The molecule has 2 heterocycles. The number of methoxy groups -OCH3 is 1. The molecule has 33 heavy (non-hydrogen) atoms. The zero-order valence-corrected chi connectivity index (χ0v) is 19.6. The second-order valence-corrected chi connectivity index (χ2v) is 8.55. The number of ether oxygens (including phenoxy) is 1. The molecule has 1 unspecified atom stereocenters. The SMILES string of the molecule is COc1c(C)cc(C)cc1/C(O)=C1\C(=O)C(=O)N(c2ccc(C)c(C)c2)C1c1ccc(C)o1. The maximum atomic E-state index is 13.3. The van der Waals surface area contributed by atoms with Gasteiger partial charge in [0.1, 0.15) is 29.1 Å². The zero-order valence-electron chi connectivity index (χ0n) is 19.6. The molecule has 6 nitrogen and oxygen atoms in total. The quantitative estimate of drug-likeness (QED) is 0.328. The van der Waals surface area contributed by atoms with Gasteiger partial charge in [0, 0.05) is 5.69 Å². The van der Waals surface area contributed by atoms with E-state index in [2.05, 4.69) is 0 Å². The van der Waals surface area contributed by atoms with Crippen LogP contribution < -0.4 is 9.64 Å². The number of carbonyl (C=O) groups excluding carboxylic acids is 2. The van der Waals surface area contributed by atoms with Crippen LogP contribution in [-0.2, 0) is 9.59 Å². The second kappa shape index (κ2) is 8.28. The summed E-state index contributed by atoms with van der Waals surface area (Å²) in [5.74, 6) is -0.296. The highest BCUT2D eigenvalue weighted by atomic mass is 16.5. The molecule has 1 amide bonds. The number of furan rings is 1. The van der Waals surface area contributed by atoms with Crippen molar-refractivity contribution in [2.75, 3.05) is 12.0 Å². The monoisotopic (exact) mass is 445 g/mol. The Morgan fingerprint density at radius 2 is 1.67 bits per heavy atom. The van der Waals surface area contributed by atoms with Crippen LogP contribution in [0.15, 0.2) is 52.5 Å². The summed E-state index contributed by atoms with van der Waals surface area (Å²) in [7, 11) is 1.51. The van der Waals surface area contributed by atoms with Gasteiger partial charge in [-0.25, -0.2) is 0 Å². The van der Waals surface area contributed by atoms with Gasteiger partial charge in [0.15, 0.2) is 0 Å². The fourth-order valence-electron chi connectivity index (χ4n) is 4.39. The van der Waals surface area contributed by atoms with Gasteiger partial charge in [0.25, 0.3) is 11.7 Å². The molecule has 1 atom stereocenters. The minimum Gasteiger partial charge on any atom is -0.507 e. The Morgan fingerprint density at radius 3 is 2.27 bits per heavy atom. The molecule has 3 aromatic rings. The third-order valence-electron chi connectivity index (χ3n) is 6.12. The topological polar surface area (TPSA) is 80.0 Å². The molecule has 0 bridgehead atoms. The molecule has 4 rings (SSSR count). The number of amides is 1. The van der Waals surface area contributed by atoms with Gasteiger partial charge in [-0.1, -0.05) is 12.1 Å². The zero-order chi connectivity index (χ0) is 24.0. The van der Waals surface area contributed by atoms with Gasteiger partial charge in [-0.2, -0.15) is 0 Å². The van der Waals surface area contributed by atoms with Crippen molar-refractivity contribution in [1.82, 2.24) is 0 Å². The van der Waals surface area contributed by atoms with Crippen molar-refractivity contribution in [3.63, 3.8) is 0 Å². The highest BCUT2D eigenvalue weighted by Crippen LogP contribution is 2.44. The van der Waals surface area contributed by atoms with Crippen molar-refractivity contribution >= 4 is 23.1 Å². The normalized spacial score (nSPS) is 17.6. The predicted octanol–water partition coefficient (Wildman–Crippen LogP) is 5.46. The smallest absolute Gasteiger partial charge is 0.300 e. The van der Waals surface area contributed by atoms with E-state index in [0.29, 0.717) is 28.5 Å². The minimum atomic E-state index is -0.911. The lowest BCUT2D eigenvalue weighted by molar-refractivity contribution is -0.132. The Bertz CT molecular complexity index is 1310. The van der Waals surface area contributed by atoms with Crippen molar-refractivity contribution in [2.24, 2.45) is 0 Å². The number of carbonyl (C=O) groups is 2. The summed E-state index contributed by atoms with van der Waals surface area (Å²) in [5, 5.41) is 11.4. The number of aliphatic hydroxyl groups excluding tert-OH is 1. The van der Waals surface area contributed by atoms with Crippen molar-refractivity contribution in [3.05, 3.63) is 87.4 Å². The maximum Gasteiger partial charge on any atom is 0.300 e. The molecule has 0 saturated carbocycles. The van der Waals surface area contributed by atoms with Gasteiger partial charge < -0.3 is 14.3 Å². The maximum absolute atomic E-state index is 13.3. The van der Waals surface area contributed by atoms with E-state index in [1.54, 1.807) is 31.2 Å². The van der Waals surface area contributed by atoms with Gasteiger partial charge >= 0.3 is 0 Å². The lowest BCUT2D eigenvalue weighted by atomic mass is 9.96. The van der Waals surface area contributed by atoms with Crippen molar-refractivity contribution in [1.29, 1.82) is 0 Å². The highest BCUT2D eigenvalue weighted by Gasteiger charge is 2.48. The van der Waals surface area contributed by atoms with E-state index in [9.17, 15) is 14.7 Å². The largest absolute Gasteiger partial charge is 0.507 e. The van der Waals surface area contributed by atoms with Gasteiger partial charge in [-0.3, -0.25) is 14.5 Å². The molecule has 2 aromatic carbocycles. The van der Waals surface area contributed by atoms with E-state index in [1.165, 1.54) is 12.0 Å². The van der Waals surface area contributed by atoms with Crippen molar-refractivity contribution in [2.45, 2.75) is 40.7 Å². The van der Waals surface area contributed by atoms with Gasteiger partial charge in [0.2, 0.25) is 0 Å². The fourth-order valence-corrected chi connectivity index (χ4v) is 4.39. The molecule has 0 aliphatic carbocycles. The Hall–Kier alpha value is -3.80. The molecular formula is C27H27NO5. The summed E-state index contributed by atoms with van der Waals surface area (Å²) >= 11 is 0. The number of nitrogens with zero attached hydrogens (tertiary/aromatic N) is 1. The molecule has 1 fully saturated rings. The third-order valence-corrected chi connectivity index (χ3v) is 6.12. The van der Waals surface area contributed by atoms with Crippen LogP contribution in [0.5, 0.6) is 5.75 Å². The first-order chi connectivity index (χ1) is 15.6. The van der Waals surface area contributed by atoms with Gasteiger partial charge in [-0.15, -0.1) is 0 Å². The number of hydrogen-bond donors (Lipinski definition) is 1. The first kappa shape index (κ1) is 22.4. The number of rotatable bonds is 4. The van der Waals surface area contributed by atoms with E-state index >= 15 is 0 Å². The standard InChI is InChI=1S/C27H27NO5/c1-14-11-17(4)26(32-6)20(12-14)24(29)22-23(21-10-8-18(5)33-21)28(27(31)25(22)30)19-9-7-15(2)16(3)13-19/h7-13,23,29H,1-6H3/b24-22+. The predicted molar refractivity (Wildman–Crippen MR) is 127 cm³/mol. The van der Waals surface area contributed by atoms with Crippen molar-refractivity contribution in [3.8, 4) is 5.75 Å². The van der Waals surface area contributed by atoms with E-state index in [4.69, 9.17) is 9.15 Å². The molecule has 1 N–H and O–H groups in total. The molecule has 6 heteroatoms. The molecule has 1 aliphatic rings. The number of Topliss-reactive ketones (excluding diaryl/α,β-unsaturated/α-hetero) is 1. The number of anilines is 1. The van der Waals surface area contributed by atoms with Crippen LogP contribution in [0.3, 0.4) is 0 Å². The van der Waals surface area contributed by atoms with E-state index in [1.807, 2.05) is 45.9 Å². The number of aliphatic hydroxyl groups is 1. The Morgan fingerprint density at radius 1 is 0.939 bits per heavy atom. The average molecular weight is 446 g/mol. The second-order valence-electron chi connectivity index (χ2n) is 8.55. The van der Waals surface area contributed by atoms with Crippen LogP contribution in [0.1, 0.15) is 45.4 Å². The van der Waals surface area contributed by atoms with Crippen LogP contribution >= 0.6 is 0 Å². The number of benzene rings is 2. The summed E-state index contributed by atoms with van der Waals surface area (Å²) in [4.78, 5) is 28.0. The number of ketones is 1. The molecule has 1 aliphatic heterocycles. The molecule has 1 aromatic heterocycles. The summed E-state index contributed by atoms with van der Waals surface area (Å²) < 4.78 is 11.4. The Labute approximate surface area is 193 Å². The molecule has 0 spiro atoms. The first-order valence-corrected chi connectivity index (χ1v) is 10.7. The lowest BCUT2D eigenvalue weighted by Crippen LogP contribution is -2.29. The summed E-state index contributed by atoms with van der Waals surface area (Å²) in [6, 6.07) is 11.8. The van der Waals surface area contributed by atoms with Crippen LogP contribution in [0.25, 0.3) is 5.76 Å². The van der Waals surface area contributed by atoms with E-state index in [-0.39, 0.29) is 11.3 Å². The summed E-state index contributed by atoms with van der Waals surface area (Å²) in [6.45, 7) is 9.47. The number of aryl methyl sites for hydroxylation is 5. The first-order valence-electron chi connectivity index (χ1n) is 10.7. The van der Waals surface area contributed by atoms with Crippen LogP contribution in [0.2, 0.25) is 0 Å². The number of hydrogen-bond acceptors (Lipinski definition) is 5. The van der Waals surface area contributed by atoms with Crippen LogP contribution in [0, 0.1) is 34.6 Å². The fraction of sp³-hybridized carbons (Fsp3) is 0.259. The van der Waals surface area contributed by atoms with E-state index in [0.717, 1.165) is 22.3 Å². The third kappa shape index (κ3) is 3.71. The van der Waals surface area contributed by atoms with Crippen LogP contribution in [0.4, 0.5) is 5.69 Å². The lowest BCUT2D eigenvalue weighted by Gasteiger charge is -2.24. The summed E-state index contributed by atoms with van der Waals surface area (Å²) in [5.41, 5.74) is 4.65. The van der Waals surface area contributed by atoms with Gasteiger partial charge in [0.05, 0.1) is 18.2 Å². The highest BCUT2D eigenvalue weighted by molar-refractivity contribution is 6.51. The molecule has 0 radical (unpaired) electrons. The molecule has 170 valence electrons. The average Bonchev–Trinajstić information content (AvgIpc) is 3.30. The Balaban J connectivity index is 2.00. The van der Waals surface area contributed by atoms with E-state index < -0.39 is 17.7 Å². The molecular weight excluding hydrogens is 418 g/mol. The Kier molecular flexibility index (Phi) is 5.62. The van der Waals surface area contributed by atoms with Crippen molar-refractivity contribution < 1.29 is 23.8 Å². The minimum absolute atomic E-state index is 0.0316. The van der Waals surface area contributed by atoms with Crippen LogP contribution in [-0.4, -0.2) is 23.9 Å².